The highest BCUT2D eigenvalue weighted by Gasteiger charge is 2.13. The molecule has 0 amide bonds. The van der Waals surface area contributed by atoms with Crippen molar-refractivity contribution in [3.63, 3.8) is 0 Å². The number of carboxylic acid groups (broad SMARTS) is 1. The van der Waals surface area contributed by atoms with Crippen molar-refractivity contribution in [2.75, 3.05) is 6.26 Å². The smallest absolute Gasteiger partial charge is 0.337 e. The van der Waals surface area contributed by atoms with Gasteiger partial charge in [-0.1, -0.05) is 32.1 Å². The Balaban J connectivity index is 2.11. The third-order valence-electron chi connectivity index (χ3n) is 4.10. The van der Waals surface area contributed by atoms with E-state index in [0.717, 1.165) is 16.8 Å². The summed E-state index contributed by atoms with van der Waals surface area (Å²) < 4.78 is 23.4. The van der Waals surface area contributed by atoms with Crippen LogP contribution in [0.4, 0.5) is 0 Å². The summed E-state index contributed by atoms with van der Waals surface area (Å²) in [5, 5.41) is 9.84. The maximum atomic E-state index is 11.7. The summed E-state index contributed by atoms with van der Waals surface area (Å²) in [5.74, 6) is -0.773. The minimum absolute atomic E-state index is 0.125. The number of benzene rings is 1. The Morgan fingerprint density at radius 3 is 2.37 bits per heavy atom. The lowest BCUT2D eigenvalue weighted by atomic mass is 9.99. The van der Waals surface area contributed by atoms with Crippen molar-refractivity contribution in [2.45, 2.75) is 18.7 Å². The van der Waals surface area contributed by atoms with E-state index in [2.05, 4.69) is 16.0 Å². The first-order valence-electron chi connectivity index (χ1n) is 8.40. The number of aromatic amines is 1. The minimum atomic E-state index is -3.26. The number of pyridine rings is 1. The molecule has 2 aromatic heterocycles. The normalized spacial score (nSPS) is 12.7. The highest BCUT2D eigenvalue weighted by Crippen LogP contribution is 2.28. The quantitative estimate of drug-likeness (QED) is 0.698. The highest BCUT2D eigenvalue weighted by molar-refractivity contribution is 7.90. The summed E-state index contributed by atoms with van der Waals surface area (Å²) in [6.07, 6.45) is 4.56. The molecule has 3 aromatic rings. The van der Waals surface area contributed by atoms with Crippen LogP contribution in [0, 0.1) is 5.92 Å². The summed E-state index contributed by atoms with van der Waals surface area (Å²) in [6.45, 7) is 4.10. The molecule has 6 nitrogen and oxygen atoms in total. The van der Waals surface area contributed by atoms with Gasteiger partial charge < -0.3 is 10.1 Å². The van der Waals surface area contributed by atoms with Crippen LogP contribution in [0.5, 0.6) is 0 Å². The number of hydrogen-bond donors (Lipinski definition) is 2. The van der Waals surface area contributed by atoms with Crippen molar-refractivity contribution in [1.29, 1.82) is 0 Å². The molecule has 140 valence electrons. The first-order chi connectivity index (χ1) is 12.6. The van der Waals surface area contributed by atoms with Gasteiger partial charge in [-0.3, -0.25) is 0 Å². The van der Waals surface area contributed by atoms with Gasteiger partial charge in [-0.2, -0.15) is 0 Å². The molecule has 0 fully saturated rings. The fourth-order valence-corrected chi connectivity index (χ4v) is 3.46. The number of nitrogens with one attached hydrogen (secondary N) is 1. The maximum Gasteiger partial charge on any atom is 0.337 e. The molecule has 0 radical (unpaired) electrons. The second-order valence-corrected chi connectivity index (χ2v) is 8.79. The highest BCUT2D eigenvalue weighted by atomic mass is 32.2. The molecule has 0 atom stereocenters. The Morgan fingerprint density at radius 2 is 1.81 bits per heavy atom. The van der Waals surface area contributed by atoms with E-state index in [0.29, 0.717) is 11.0 Å². The van der Waals surface area contributed by atoms with Crippen LogP contribution in [-0.4, -0.2) is 35.7 Å². The van der Waals surface area contributed by atoms with Crippen LogP contribution in [0.25, 0.3) is 16.6 Å². The number of sulfone groups is 1. The molecule has 7 heteroatoms. The van der Waals surface area contributed by atoms with Crippen molar-refractivity contribution in [1.82, 2.24) is 9.97 Å². The van der Waals surface area contributed by atoms with E-state index in [1.54, 1.807) is 30.3 Å². The van der Waals surface area contributed by atoms with Crippen LogP contribution in [0.1, 0.15) is 35.5 Å². The summed E-state index contributed by atoms with van der Waals surface area (Å²) >= 11 is 0. The van der Waals surface area contributed by atoms with Gasteiger partial charge in [-0.05, 0) is 35.7 Å². The molecule has 0 bridgehead atoms. The Morgan fingerprint density at radius 1 is 1.15 bits per heavy atom. The predicted molar refractivity (Wildman–Crippen MR) is 105 cm³/mol. The summed E-state index contributed by atoms with van der Waals surface area (Å²) in [6, 6.07) is 10.1. The number of allylic oxidation sites excluding steroid dienone is 1. The van der Waals surface area contributed by atoms with Crippen molar-refractivity contribution in [2.24, 2.45) is 5.92 Å². The average molecular weight is 384 g/mol. The van der Waals surface area contributed by atoms with Crippen LogP contribution in [0.2, 0.25) is 0 Å². The SMILES string of the molecule is CC(C)C=C(c1ccc(S(C)(=O)=O)cc1)c1cc2cc(C(=O)O)cnc2[nH]1. The van der Waals surface area contributed by atoms with Gasteiger partial charge in [0.1, 0.15) is 5.65 Å². The zero-order valence-corrected chi connectivity index (χ0v) is 16.0. The number of hydrogen-bond acceptors (Lipinski definition) is 4. The van der Waals surface area contributed by atoms with Crippen molar-refractivity contribution in [3.8, 4) is 0 Å². The third-order valence-corrected chi connectivity index (χ3v) is 5.23. The topological polar surface area (TPSA) is 100 Å². The number of H-pyrrole nitrogens is 1. The molecule has 0 aliphatic carbocycles. The molecule has 1 aromatic carbocycles. The van der Waals surface area contributed by atoms with Crippen molar-refractivity contribution in [3.05, 3.63) is 65.5 Å². The van der Waals surface area contributed by atoms with E-state index in [4.69, 9.17) is 5.11 Å². The zero-order valence-electron chi connectivity index (χ0n) is 15.2. The van der Waals surface area contributed by atoms with E-state index in [1.807, 2.05) is 19.9 Å². The first kappa shape index (κ1) is 18.8. The second-order valence-electron chi connectivity index (χ2n) is 6.77. The van der Waals surface area contributed by atoms with E-state index >= 15 is 0 Å². The zero-order chi connectivity index (χ0) is 19.8. The summed E-state index contributed by atoms with van der Waals surface area (Å²) in [5.41, 5.74) is 3.28. The Bertz CT molecular complexity index is 1140. The molecule has 0 saturated heterocycles. The fourth-order valence-electron chi connectivity index (χ4n) is 2.83. The van der Waals surface area contributed by atoms with Gasteiger partial charge in [0.25, 0.3) is 0 Å². The molecule has 2 N–H and O–H groups in total. The molecule has 0 saturated carbocycles. The van der Waals surface area contributed by atoms with Gasteiger partial charge in [0.05, 0.1) is 10.5 Å². The fraction of sp³-hybridized carbons (Fsp3) is 0.200. The number of rotatable bonds is 5. The molecule has 27 heavy (non-hydrogen) atoms. The number of carbonyl (C=O) groups is 1. The number of fused-ring (bicyclic) bond motifs is 1. The number of aromatic nitrogens is 2. The summed E-state index contributed by atoms with van der Waals surface area (Å²) in [7, 11) is -3.26. The molecule has 3 rings (SSSR count). The number of carboxylic acids is 1. The lowest BCUT2D eigenvalue weighted by Gasteiger charge is -2.09. The Labute approximate surface area is 157 Å². The van der Waals surface area contributed by atoms with E-state index in [1.165, 1.54) is 12.5 Å². The monoisotopic (exact) mass is 384 g/mol. The van der Waals surface area contributed by atoms with Crippen LogP contribution in [0.3, 0.4) is 0 Å². The van der Waals surface area contributed by atoms with Crippen LogP contribution < -0.4 is 0 Å². The predicted octanol–water partition coefficient (Wildman–Crippen LogP) is 3.75. The van der Waals surface area contributed by atoms with Gasteiger partial charge in [0, 0.05) is 29.1 Å². The molecule has 0 aliphatic heterocycles. The van der Waals surface area contributed by atoms with Gasteiger partial charge in [0.15, 0.2) is 9.84 Å². The van der Waals surface area contributed by atoms with E-state index < -0.39 is 15.8 Å². The minimum Gasteiger partial charge on any atom is -0.478 e. The van der Waals surface area contributed by atoms with Crippen LogP contribution >= 0.6 is 0 Å². The lowest BCUT2D eigenvalue weighted by molar-refractivity contribution is 0.0696. The van der Waals surface area contributed by atoms with Crippen LogP contribution in [-0.2, 0) is 9.84 Å². The van der Waals surface area contributed by atoms with Crippen molar-refractivity contribution >= 4 is 32.4 Å². The lowest BCUT2D eigenvalue weighted by Crippen LogP contribution is -1.98. The molecular formula is C20H20N2O4S. The van der Waals surface area contributed by atoms with E-state index in [9.17, 15) is 13.2 Å². The number of nitrogens with zero attached hydrogens (tertiary/aromatic N) is 1. The van der Waals surface area contributed by atoms with E-state index in [-0.39, 0.29) is 16.4 Å². The molecule has 0 aliphatic rings. The van der Waals surface area contributed by atoms with Crippen LogP contribution in [0.15, 0.2) is 53.6 Å². The molecule has 2 heterocycles. The molecular weight excluding hydrogens is 364 g/mol. The standard InChI is InChI=1S/C20H20N2O4S/c1-12(2)8-17(13-4-6-16(7-5-13)27(3,25)26)18-10-14-9-15(20(23)24)11-21-19(14)22-18/h4-12H,1-3H3,(H,21,22)(H,23,24). The first-order valence-corrected chi connectivity index (χ1v) is 10.3. The maximum absolute atomic E-state index is 11.7. The average Bonchev–Trinajstić information content (AvgIpc) is 3.01. The van der Waals surface area contributed by atoms with Gasteiger partial charge in [0.2, 0.25) is 0 Å². The van der Waals surface area contributed by atoms with Gasteiger partial charge in [-0.25, -0.2) is 18.2 Å². The van der Waals surface area contributed by atoms with Crippen molar-refractivity contribution < 1.29 is 18.3 Å². The van der Waals surface area contributed by atoms with Gasteiger partial charge >= 0.3 is 5.97 Å². The molecule has 0 spiro atoms. The Kier molecular flexibility index (Phi) is 4.89. The second kappa shape index (κ2) is 7.00. The third kappa shape index (κ3) is 4.09. The molecule has 0 unspecified atom stereocenters. The number of aromatic carboxylic acids is 1. The largest absolute Gasteiger partial charge is 0.478 e. The van der Waals surface area contributed by atoms with Gasteiger partial charge in [-0.15, -0.1) is 0 Å². The Hall–Kier alpha value is -2.93. The summed E-state index contributed by atoms with van der Waals surface area (Å²) in [4.78, 5) is 18.8.